The molecule has 3 rings (SSSR count). The minimum atomic E-state index is -3.94. The monoisotopic (exact) mass is 454 g/mol. The van der Waals surface area contributed by atoms with E-state index in [4.69, 9.17) is 9.47 Å². The number of nitrogens with one attached hydrogen (secondary N) is 2. The van der Waals surface area contributed by atoms with Crippen molar-refractivity contribution in [2.45, 2.75) is 23.9 Å². The number of sulfonamides is 1. The lowest BCUT2D eigenvalue weighted by molar-refractivity contribution is -0.122. The number of carbonyl (C=O) groups is 1. The molecule has 1 atom stereocenters. The summed E-state index contributed by atoms with van der Waals surface area (Å²) in [6.45, 7) is 0.207. The lowest BCUT2D eigenvalue weighted by Gasteiger charge is -2.19. The van der Waals surface area contributed by atoms with Crippen LogP contribution >= 0.6 is 0 Å². The lowest BCUT2D eigenvalue weighted by Crippen LogP contribution is -2.47. The van der Waals surface area contributed by atoms with Crippen molar-refractivity contribution in [3.63, 3.8) is 0 Å². The SMILES string of the molecule is COc1ccc(S(=O)(=O)N[C@H](Cc2ccccc2)C(=O)NCc2ccccc2OC)cc1. The van der Waals surface area contributed by atoms with Gasteiger partial charge in [0.1, 0.15) is 17.5 Å². The van der Waals surface area contributed by atoms with Crippen LogP contribution in [0, 0.1) is 0 Å². The summed E-state index contributed by atoms with van der Waals surface area (Å²) in [6.07, 6.45) is 0.202. The Morgan fingerprint density at radius 3 is 2.19 bits per heavy atom. The molecule has 0 saturated heterocycles. The van der Waals surface area contributed by atoms with Gasteiger partial charge in [-0.2, -0.15) is 4.72 Å². The van der Waals surface area contributed by atoms with Gasteiger partial charge in [0.25, 0.3) is 0 Å². The maximum atomic E-state index is 13.0. The van der Waals surface area contributed by atoms with Crippen LogP contribution in [0.25, 0.3) is 0 Å². The summed E-state index contributed by atoms with van der Waals surface area (Å²) in [7, 11) is -0.875. The molecule has 0 aliphatic rings. The fourth-order valence-corrected chi connectivity index (χ4v) is 4.40. The van der Waals surface area contributed by atoms with Crippen LogP contribution in [0.3, 0.4) is 0 Å². The van der Waals surface area contributed by atoms with Gasteiger partial charge in [0.05, 0.1) is 19.1 Å². The Kier molecular flexibility index (Phi) is 7.86. The number of carbonyl (C=O) groups excluding carboxylic acids is 1. The third-order valence-corrected chi connectivity index (χ3v) is 6.40. The Labute approximate surface area is 188 Å². The topological polar surface area (TPSA) is 93.7 Å². The van der Waals surface area contributed by atoms with Gasteiger partial charge in [0.15, 0.2) is 0 Å². The number of rotatable bonds is 10. The van der Waals surface area contributed by atoms with Crippen molar-refractivity contribution in [1.29, 1.82) is 0 Å². The van der Waals surface area contributed by atoms with Gasteiger partial charge in [-0.15, -0.1) is 0 Å². The number of para-hydroxylation sites is 1. The van der Waals surface area contributed by atoms with Gasteiger partial charge in [0.2, 0.25) is 15.9 Å². The molecule has 3 aromatic rings. The molecule has 7 nitrogen and oxygen atoms in total. The molecule has 0 heterocycles. The molecular formula is C24H26N2O5S. The summed E-state index contributed by atoms with van der Waals surface area (Å²) in [5.41, 5.74) is 1.63. The molecule has 168 valence electrons. The lowest BCUT2D eigenvalue weighted by atomic mass is 10.1. The predicted molar refractivity (Wildman–Crippen MR) is 122 cm³/mol. The Hall–Kier alpha value is -3.36. The van der Waals surface area contributed by atoms with Crippen molar-refractivity contribution in [2.24, 2.45) is 0 Å². The van der Waals surface area contributed by atoms with E-state index < -0.39 is 22.0 Å². The molecule has 0 saturated carbocycles. The van der Waals surface area contributed by atoms with Crippen molar-refractivity contribution in [3.8, 4) is 11.5 Å². The second-order valence-corrected chi connectivity index (χ2v) is 8.78. The highest BCUT2D eigenvalue weighted by Gasteiger charge is 2.26. The highest BCUT2D eigenvalue weighted by atomic mass is 32.2. The van der Waals surface area contributed by atoms with Crippen LogP contribution in [-0.4, -0.2) is 34.6 Å². The molecule has 0 aromatic heterocycles. The number of methoxy groups -OCH3 is 2. The summed E-state index contributed by atoms with van der Waals surface area (Å²) in [5, 5.41) is 2.82. The molecule has 0 aliphatic carbocycles. The second kappa shape index (κ2) is 10.8. The Bertz CT molecular complexity index is 1130. The van der Waals surface area contributed by atoms with E-state index >= 15 is 0 Å². The van der Waals surface area contributed by atoms with Gasteiger partial charge in [-0.3, -0.25) is 4.79 Å². The van der Waals surface area contributed by atoms with E-state index in [0.717, 1.165) is 11.1 Å². The Balaban J connectivity index is 1.80. The van der Waals surface area contributed by atoms with Crippen molar-refractivity contribution < 1.29 is 22.7 Å². The molecule has 0 bridgehead atoms. The number of hydrogen-bond acceptors (Lipinski definition) is 5. The van der Waals surface area contributed by atoms with Gasteiger partial charge in [0, 0.05) is 12.1 Å². The quantitative estimate of drug-likeness (QED) is 0.491. The third-order valence-electron chi connectivity index (χ3n) is 4.91. The van der Waals surface area contributed by atoms with Crippen LogP contribution in [0.15, 0.2) is 83.8 Å². The minimum absolute atomic E-state index is 0.0499. The van der Waals surface area contributed by atoms with Crippen molar-refractivity contribution >= 4 is 15.9 Å². The van der Waals surface area contributed by atoms with Gasteiger partial charge >= 0.3 is 0 Å². The van der Waals surface area contributed by atoms with Crippen LogP contribution < -0.4 is 19.5 Å². The van der Waals surface area contributed by atoms with Crippen LogP contribution in [0.5, 0.6) is 11.5 Å². The zero-order valence-electron chi connectivity index (χ0n) is 17.9. The summed E-state index contributed by atoms with van der Waals surface area (Å²) in [6, 6.07) is 21.6. The van der Waals surface area contributed by atoms with Crippen LogP contribution in [0.2, 0.25) is 0 Å². The molecule has 8 heteroatoms. The van der Waals surface area contributed by atoms with Gasteiger partial charge in [-0.1, -0.05) is 48.5 Å². The first-order valence-electron chi connectivity index (χ1n) is 10.0. The molecule has 0 aliphatic heterocycles. The van der Waals surface area contributed by atoms with Crippen molar-refractivity contribution in [2.75, 3.05) is 14.2 Å². The molecule has 2 N–H and O–H groups in total. The van der Waals surface area contributed by atoms with E-state index in [0.29, 0.717) is 11.5 Å². The smallest absolute Gasteiger partial charge is 0.241 e. The van der Waals surface area contributed by atoms with Crippen LogP contribution in [0.4, 0.5) is 0 Å². The summed E-state index contributed by atoms with van der Waals surface area (Å²) < 4.78 is 38.9. The average molecular weight is 455 g/mol. The number of ether oxygens (including phenoxy) is 2. The zero-order chi connectivity index (χ0) is 23.0. The molecule has 0 spiro atoms. The van der Waals surface area contributed by atoms with Gasteiger partial charge < -0.3 is 14.8 Å². The van der Waals surface area contributed by atoms with Crippen molar-refractivity contribution in [3.05, 3.63) is 90.0 Å². The maximum Gasteiger partial charge on any atom is 0.241 e. The third kappa shape index (κ3) is 6.09. The predicted octanol–water partition coefficient (Wildman–Crippen LogP) is 2.91. The standard InChI is InChI=1S/C24H26N2O5S/c1-30-20-12-14-21(15-13-20)32(28,29)26-22(16-18-8-4-3-5-9-18)24(27)25-17-19-10-6-7-11-23(19)31-2/h3-15,22,26H,16-17H2,1-2H3,(H,25,27)/t22-/m1/s1. The molecule has 0 unspecified atom stereocenters. The van der Waals surface area contributed by atoms with Gasteiger partial charge in [-0.25, -0.2) is 8.42 Å². The molecule has 3 aromatic carbocycles. The maximum absolute atomic E-state index is 13.0. The summed E-state index contributed by atoms with van der Waals surface area (Å²) >= 11 is 0. The molecule has 0 fully saturated rings. The Morgan fingerprint density at radius 1 is 0.875 bits per heavy atom. The molecule has 32 heavy (non-hydrogen) atoms. The molecular weight excluding hydrogens is 428 g/mol. The van der Waals surface area contributed by atoms with E-state index in [1.165, 1.54) is 19.2 Å². The summed E-state index contributed by atoms with van der Waals surface area (Å²) in [4.78, 5) is 13.1. The highest BCUT2D eigenvalue weighted by molar-refractivity contribution is 7.89. The largest absolute Gasteiger partial charge is 0.497 e. The normalized spacial score (nSPS) is 12.1. The zero-order valence-corrected chi connectivity index (χ0v) is 18.8. The summed E-state index contributed by atoms with van der Waals surface area (Å²) in [5.74, 6) is 0.752. The first kappa shape index (κ1) is 23.3. The number of benzene rings is 3. The second-order valence-electron chi connectivity index (χ2n) is 7.07. The molecule has 0 radical (unpaired) electrons. The molecule has 1 amide bonds. The highest BCUT2D eigenvalue weighted by Crippen LogP contribution is 2.18. The first-order valence-corrected chi connectivity index (χ1v) is 11.5. The number of hydrogen-bond donors (Lipinski definition) is 2. The number of amides is 1. The van der Waals surface area contributed by atoms with E-state index in [1.54, 1.807) is 25.3 Å². The fraction of sp³-hybridized carbons (Fsp3) is 0.208. The van der Waals surface area contributed by atoms with E-state index in [9.17, 15) is 13.2 Å². The fourth-order valence-electron chi connectivity index (χ4n) is 3.20. The van der Waals surface area contributed by atoms with E-state index in [1.807, 2.05) is 48.5 Å². The van der Waals surface area contributed by atoms with Crippen LogP contribution in [0.1, 0.15) is 11.1 Å². The van der Waals surface area contributed by atoms with E-state index in [2.05, 4.69) is 10.0 Å². The van der Waals surface area contributed by atoms with Gasteiger partial charge in [-0.05, 0) is 42.3 Å². The van der Waals surface area contributed by atoms with Crippen LogP contribution in [-0.2, 0) is 27.8 Å². The van der Waals surface area contributed by atoms with Crippen molar-refractivity contribution in [1.82, 2.24) is 10.0 Å². The average Bonchev–Trinajstić information content (AvgIpc) is 2.82. The van der Waals surface area contributed by atoms with E-state index in [-0.39, 0.29) is 17.9 Å². The first-order chi connectivity index (χ1) is 15.4. The minimum Gasteiger partial charge on any atom is -0.497 e. The Morgan fingerprint density at radius 2 is 1.53 bits per heavy atom.